The smallest absolute Gasteiger partial charge is 0.228 e. The van der Waals surface area contributed by atoms with E-state index in [1.165, 1.54) is 0 Å². The van der Waals surface area contributed by atoms with Gasteiger partial charge in [0.15, 0.2) is 0 Å². The van der Waals surface area contributed by atoms with Gasteiger partial charge >= 0.3 is 0 Å². The fraction of sp³-hybridized carbons (Fsp3) is 0.625. The Morgan fingerprint density at radius 2 is 2.45 bits per heavy atom. The number of ether oxygens (including phenoxy) is 2. The summed E-state index contributed by atoms with van der Waals surface area (Å²) in [4.78, 5) is 14.7. The van der Waals surface area contributed by atoms with Crippen LogP contribution in [0.1, 0.15) is 12.1 Å². The highest BCUT2D eigenvalue weighted by atomic mass is 16.5. The summed E-state index contributed by atoms with van der Waals surface area (Å²) in [6.07, 6.45) is 4.37. The zero-order valence-electron chi connectivity index (χ0n) is 12.8. The number of nitrogens with zero attached hydrogens (tertiary/aromatic N) is 3. The minimum absolute atomic E-state index is 0.00390. The molecule has 3 heterocycles. The lowest BCUT2D eigenvalue weighted by Crippen LogP contribution is -2.39. The van der Waals surface area contributed by atoms with E-state index in [2.05, 4.69) is 11.7 Å². The van der Waals surface area contributed by atoms with Crippen molar-refractivity contribution in [2.24, 2.45) is 11.8 Å². The van der Waals surface area contributed by atoms with Crippen LogP contribution in [-0.4, -0.2) is 53.6 Å². The monoisotopic (exact) mass is 305 g/mol. The van der Waals surface area contributed by atoms with Gasteiger partial charge in [0.25, 0.3) is 0 Å². The number of hydrogen-bond donors (Lipinski definition) is 0. The molecule has 0 spiro atoms. The van der Waals surface area contributed by atoms with E-state index in [4.69, 9.17) is 9.47 Å². The van der Waals surface area contributed by atoms with Crippen LogP contribution >= 0.6 is 0 Å². The molecule has 2 atom stereocenters. The molecule has 1 saturated heterocycles. The van der Waals surface area contributed by atoms with Crippen LogP contribution in [0.5, 0.6) is 0 Å². The summed E-state index contributed by atoms with van der Waals surface area (Å²) in [6.45, 7) is 8.15. The molecule has 0 aliphatic carbocycles. The van der Waals surface area contributed by atoms with Crippen molar-refractivity contribution < 1.29 is 14.3 Å². The Morgan fingerprint density at radius 3 is 3.23 bits per heavy atom. The van der Waals surface area contributed by atoms with Crippen LogP contribution in [-0.2, 0) is 27.4 Å². The first-order valence-corrected chi connectivity index (χ1v) is 7.83. The molecule has 0 bridgehead atoms. The Hall–Kier alpha value is -1.66. The van der Waals surface area contributed by atoms with Gasteiger partial charge in [0.1, 0.15) is 0 Å². The number of aromatic nitrogens is 2. The van der Waals surface area contributed by atoms with Crippen molar-refractivity contribution in [1.29, 1.82) is 0 Å². The van der Waals surface area contributed by atoms with E-state index in [1.54, 1.807) is 12.3 Å². The quantitative estimate of drug-likeness (QED) is 0.603. The van der Waals surface area contributed by atoms with Gasteiger partial charge in [-0.2, -0.15) is 5.10 Å². The van der Waals surface area contributed by atoms with Crippen LogP contribution in [0.2, 0.25) is 0 Å². The zero-order chi connectivity index (χ0) is 15.4. The molecule has 2 aliphatic heterocycles. The Labute approximate surface area is 130 Å². The van der Waals surface area contributed by atoms with E-state index in [9.17, 15) is 4.79 Å². The molecule has 22 heavy (non-hydrogen) atoms. The minimum Gasteiger partial charge on any atom is -0.381 e. The van der Waals surface area contributed by atoms with Gasteiger partial charge in [-0.25, -0.2) is 0 Å². The highest BCUT2D eigenvalue weighted by molar-refractivity contribution is 5.79. The SMILES string of the molecule is C=CCOCC1CN(C(=O)C2CCOC2)Cc2ccnn2C1. The topological polar surface area (TPSA) is 56.6 Å². The van der Waals surface area contributed by atoms with Gasteiger partial charge in [-0.1, -0.05) is 6.08 Å². The number of fused-ring (bicyclic) bond motifs is 1. The lowest BCUT2D eigenvalue weighted by molar-refractivity contribution is -0.137. The van der Waals surface area contributed by atoms with E-state index in [0.717, 1.165) is 18.7 Å². The van der Waals surface area contributed by atoms with Crippen molar-refractivity contribution in [3.63, 3.8) is 0 Å². The molecule has 1 amide bonds. The maximum absolute atomic E-state index is 12.7. The average molecular weight is 305 g/mol. The molecule has 6 heteroatoms. The molecule has 2 aliphatic rings. The van der Waals surface area contributed by atoms with E-state index >= 15 is 0 Å². The van der Waals surface area contributed by atoms with E-state index in [0.29, 0.717) is 39.5 Å². The molecule has 1 fully saturated rings. The van der Waals surface area contributed by atoms with Crippen molar-refractivity contribution in [3.8, 4) is 0 Å². The molecular weight excluding hydrogens is 282 g/mol. The second-order valence-corrected chi connectivity index (χ2v) is 5.98. The highest BCUT2D eigenvalue weighted by Crippen LogP contribution is 2.21. The lowest BCUT2D eigenvalue weighted by Gasteiger charge is -2.26. The Bertz CT molecular complexity index is 522. The molecule has 0 saturated carbocycles. The molecule has 1 aromatic rings. The second kappa shape index (κ2) is 7.07. The van der Waals surface area contributed by atoms with Gasteiger partial charge in [0.2, 0.25) is 5.91 Å². The third-order valence-electron chi connectivity index (χ3n) is 4.25. The molecule has 3 rings (SSSR count). The number of rotatable bonds is 5. The van der Waals surface area contributed by atoms with Gasteiger partial charge in [-0.3, -0.25) is 9.48 Å². The van der Waals surface area contributed by atoms with Gasteiger partial charge in [-0.05, 0) is 12.5 Å². The molecule has 120 valence electrons. The number of amides is 1. The van der Waals surface area contributed by atoms with Gasteiger partial charge in [-0.15, -0.1) is 6.58 Å². The van der Waals surface area contributed by atoms with Gasteiger partial charge < -0.3 is 14.4 Å². The van der Waals surface area contributed by atoms with Crippen molar-refractivity contribution in [1.82, 2.24) is 14.7 Å². The van der Waals surface area contributed by atoms with Gasteiger partial charge in [0, 0.05) is 31.8 Å². The first kappa shape index (κ1) is 15.2. The van der Waals surface area contributed by atoms with E-state index in [1.807, 2.05) is 15.6 Å². The van der Waals surface area contributed by atoms with Crippen LogP contribution in [0.4, 0.5) is 0 Å². The highest BCUT2D eigenvalue weighted by Gasteiger charge is 2.32. The predicted molar refractivity (Wildman–Crippen MR) is 81.1 cm³/mol. The molecule has 1 aromatic heterocycles. The zero-order valence-corrected chi connectivity index (χ0v) is 12.8. The standard InChI is InChI=1S/C16H23N3O3/c1-2-6-21-11-13-8-18(16(20)14-4-7-22-12-14)10-15-3-5-17-19(15)9-13/h2-3,5,13-14H,1,4,6-12H2. The third-order valence-corrected chi connectivity index (χ3v) is 4.25. The van der Waals surface area contributed by atoms with E-state index in [-0.39, 0.29) is 17.7 Å². The summed E-state index contributed by atoms with van der Waals surface area (Å²) in [5.74, 6) is 0.442. The maximum atomic E-state index is 12.7. The minimum atomic E-state index is 0.00390. The van der Waals surface area contributed by atoms with Crippen LogP contribution in [0.25, 0.3) is 0 Å². The van der Waals surface area contributed by atoms with Crippen molar-refractivity contribution in [2.75, 3.05) is 33.0 Å². The molecule has 0 N–H and O–H groups in total. The van der Waals surface area contributed by atoms with Crippen molar-refractivity contribution in [3.05, 3.63) is 30.6 Å². The van der Waals surface area contributed by atoms with E-state index < -0.39 is 0 Å². The molecular formula is C16H23N3O3. The molecule has 0 aromatic carbocycles. The largest absolute Gasteiger partial charge is 0.381 e. The normalized spacial score (nSPS) is 24.8. The maximum Gasteiger partial charge on any atom is 0.228 e. The number of carbonyl (C=O) groups is 1. The number of hydrogen-bond acceptors (Lipinski definition) is 4. The van der Waals surface area contributed by atoms with Crippen LogP contribution in [0.15, 0.2) is 24.9 Å². The van der Waals surface area contributed by atoms with Crippen LogP contribution in [0, 0.1) is 11.8 Å². The fourth-order valence-corrected chi connectivity index (χ4v) is 3.11. The lowest BCUT2D eigenvalue weighted by atomic mass is 10.1. The molecule has 2 unspecified atom stereocenters. The Morgan fingerprint density at radius 1 is 1.55 bits per heavy atom. The summed E-state index contributed by atoms with van der Waals surface area (Å²) < 4.78 is 12.9. The first-order valence-electron chi connectivity index (χ1n) is 7.83. The Kier molecular flexibility index (Phi) is 4.90. The third kappa shape index (κ3) is 3.39. The molecule has 6 nitrogen and oxygen atoms in total. The second-order valence-electron chi connectivity index (χ2n) is 5.98. The van der Waals surface area contributed by atoms with Gasteiger partial charge in [0.05, 0.1) is 38.0 Å². The van der Waals surface area contributed by atoms with Crippen molar-refractivity contribution >= 4 is 5.91 Å². The Balaban J connectivity index is 1.71. The predicted octanol–water partition coefficient (Wildman–Crippen LogP) is 1.08. The summed E-state index contributed by atoms with van der Waals surface area (Å²) in [6, 6.07) is 1.98. The summed E-state index contributed by atoms with van der Waals surface area (Å²) in [7, 11) is 0. The van der Waals surface area contributed by atoms with Crippen molar-refractivity contribution in [2.45, 2.75) is 19.5 Å². The average Bonchev–Trinajstić information content (AvgIpc) is 3.16. The summed E-state index contributed by atoms with van der Waals surface area (Å²) in [5.41, 5.74) is 1.08. The van der Waals surface area contributed by atoms with Crippen LogP contribution < -0.4 is 0 Å². The fourth-order valence-electron chi connectivity index (χ4n) is 3.11. The summed E-state index contributed by atoms with van der Waals surface area (Å²) in [5, 5.41) is 4.36. The van der Waals surface area contributed by atoms with Crippen LogP contribution in [0.3, 0.4) is 0 Å². The summed E-state index contributed by atoms with van der Waals surface area (Å²) >= 11 is 0. The molecule has 0 radical (unpaired) electrons. The number of carbonyl (C=O) groups excluding carboxylic acids is 1. The first-order chi connectivity index (χ1) is 10.8.